The van der Waals surface area contributed by atoms with E-state index in [1.165, 1.54) is 19.4 Å². The Morgan fingerprint density at radius 3 is 2.03 bits per heavy atom. The maximum Gasteiger partial charge on any atom is 0.327 e. The number of thiol groups is 1. The number of carboxylic acid groups (broad SMARTS) is 1. The Bertz CT molecular complexity index is 908. The van der Waals surface area contributed by atoms with Gasteiger partial charge in [-0.05, 0) is 31.6 Å². The van der Waals surface area contributed by atoms with E-state index in [9.17, 15) is 24.0 Å². The highest BCUT2D eigenvalue weighted by molar-refractivity contribution is 7.80. The van der Waals surface area contributed by atoms with Gasteiger partial charge in [0, 0.05) is 30.5 Å². The summed E-state index contributed by atoms with van der Waals surface area (Å²) in [7, 11) is 0. The molecule has 1 aromatic heterocycles. The van der Waals surface area contributed by atoms with E-state index < -0.39 is 47.9 Å². The molecule has 1 heterocycles. The van der Waals surface area contributed by atoms with Gasteiger partial charge in [-0.2, -0.15) is 12.6 Å². The van der Waals surface area contributed by atoms with Crippen LogP contribution in [-0.2, 0) is 30.4 Å². The van der Waals surface area contributed by atoms with Gasteiger partial charge in [0.2, 0.25) is 23.6 Å². The molecule has 1 aromatic rings. The molecule has 0 saturated heterocycles. The summed E-state index contributed by atoms with van der Waals surface area (Å²) in [5, 5.41) is 19.4. The second-order valence-electron chi connectivity index (χ2n) is 9.84. The molecule has 0 unspecified atom stereocenters. The lowest BCUT2D eigenvalue weighted by Gasteiger charge is -2.25. The Labute approximate surface area is 222 Å². The summed E-state index contributed by atoms with van der Waals surface area (Å²) in [4.78, 5) is 69.1. The second kappa shape index (κ2) is 15.9. The lowest BCUT2D eigenvalue weighted by atomic mass is 10.0. The molecule has 0 aliphatic carbocycles. The molecule has 208 valence electrons. The fraction of sp³-hybridized carbons (Fsp3) is 0.667. The van der Waals surface area contributed by atoms with Crippen LogP contribution in [0, 0.1) is 11.8 Å². The van der Waals surface area contributed by atoms with Crippen LogP contribution in [0.15, 0.2) is 12.5 Å². The number of nitrogens with zero attached hydrogens (tertiary/aromatic N) is 1. The third kappa shape index (κ3) is 12.1. The summed E-state index contributed by atoms with van der Waals surface area (Å²) < 4.78 is 0. The Morgan fingerprint density at radius 2 is 1.51 bits per heavy atom. The molecule has 0 fully saturated rings. The van der Waals surface area contributed by atoms with Crippen molar-refractivity contribution in [2.75, 3.05) is 5.75 Å². The highest BCUT2D eigenvalue weighted by atomic mass is 32.1. The van der Waals surface area contributed by atoms with Crippen LogP contribution < -0.4 is 21.3 Å². The van der Waals surface area contributed by atoms with Gasteiger partial charge in [-0.3, -0.25) is 19.2 Å². The molecule has 0 aromatic carbocycles. The van der Waals surface area contributed by atoms with E-state index >= 15 is 0 Å². The molecule has 0 bridgehead atoms. The Morgan fingerprint density at radius 1 is 0.892 bits per heavy atom. The zero-order chi connectivity index (χ0) is 28.1. The molecular weight excluding hydrogens is 500 g/mol. The second-order valence-corrected chi connectivity index (χ2v) is 10.2. The molecule has 4 amide bonds. The first-order valence-electron chi connectivity index (χ1n) is 12.3. The van der Waals surface area contributed by atoms with E-state index in [0.29, 0.717) is 24.5 Å². The highest BCUT2D eigenvalue weighted by Crippen LogP contribution is 2.09. The summed E-state index contributed by atoms with van der Waals surface area (Å²) in [6.45, 7) is 9.25. The largest absolute Gasteiger partial charge is 0.480 e. The predicted molar refractivity (Wildman–Crippen MR) is 141 cm³/mol. The van der Waals surface area contributed by atoms with Gasteiger partial charge in [0.25, 0.3) is 0 Å². The lowest BCUT2D eigenvalue weighted by molar-refractivity contribution is -0.141. The molecule has 0 saturated carbocycles. The zero-order valence-electron chi connectivity index (χ0n) is 22.0. The van der Waals surface area contributed by atoms with Gasteiger partial charge in [-0.1, -0.05) is 27.7 Å². The van der Waals surface area contributed by atoms with E-state index in [2.05, 4.69) is 43.9 Å². The summed E-state index contributed by atoms with van der Waals surface area (Å²) >= 11 is 3.91. The number of carbonyl (C=O) groups excluding carboxylic acids is 4. The standard InChI is InChI=1S/C24H40N6O6S/c1-13(2)6-7-20(31)28-17(8-14(3)4)23(34)29-18(9-16-10-25-12-26-16)22(33)27-15(5)21(32)30-19(11-37)24(35)36/h10,12-15,17-19,37H,6-9,11H2,1-5H3,(H,25,26)(H,27,33)(H,28,31)(H,29,34)(H,30,32)(H,35,36)/t15-,17-,18-,19-/m0/s1. The van der Waals surface area contributed by atoms with Crippen molar-refractivity contribution in [2.24, 2.45) is 11.8 Å². The molecule has 0 aliphatic rings. The number of rotatable bonds is 16. The number of carbonyl (C=O) groups is 5. The van der Waals surface area contributed by atoms with Crippen molar-refractivity contribution < 1.29 is 29.1 Å². The van der Waals surface area contributed by atoms with Gasteiger partial charge in [-0.25, -0.2) is 9.78 Å². The minimum atomic E-state index is -1.25. The number of imidazole rings is 1. The first kappa shape index (κ1) is 31.9. The quantitative estimate of drug-likeness (QED) is 0.148. The SMILES string of the molecule is CC(C)CCC(=O)N[C@@H](CC(C)C)C(=O)N[C@@H](Cc1cnc[nH]1)C(=O)N[C@@H](C)C(=O)N[C@@H](CS)C(=O)O. The average molecular weight is 541 g/mol. The minimum absolute atomic E-state index is 0.0516. The number of carboxylic acids is 1. The summed E-state index contributed by atoms with van der Waals surface area (Å²) in [5.41, 5.74) is 0.569. The fourth-order valence-corrected chi connectivity index (χ4v) is 3.60. The molecule has 4 atom stereocenters. The van der Waals surface area contributed by atoms with Crippen LogP contribution >= 0.6 is 12.6 Å². The molecule has 6 N–H and O–H groups in total. The van der Waals surface area contributed by atoms with Crippen LogP contribution in [0.3, 0.4) is 0 Å². The molecule has 0 radical (unpaired) electrons. The summed E-state index contributed by atoms with van der Waals surface area (Å²) in [6, 6.07) is -4.24. The first-order chi connectivity index (χ1) is 17.3. The van der Waals surface area contributed by atoms with Gasteiger partial charge < -0.3 is 31.4 Å². The van der Waals surface area contributed by atoms with Gasteiger partial charge in [0.15, 0.2) is 0 Å². The van der Waals surface area contributed by atoms with Crippen LogP contribution in [0.1, 0.15) is 59.6 Å². The van der Waals surface area contributed by atoms with Crippen molar-refractivity contribution in [1.29, 1.82) is 0 Å². The number of nitrogens with one attached hydrogen (secondary N) is 5. The van der Waals surface area contributed by atoms with Crippen molar-refractivity contribution in [3.8, 4) is 0 Å². The zero-order valence-corrected chi connectivity index (χ0v) is 22.9. The van der Waals surface area contributed by atoms with Gasteiger partial charge in [0.1, 0.15) is 24.2 Å². The molecule has 12 nitrogen and oxygen atoms in total. The Hall–Kier alpha value is -3.09. The molecule has 1 rings (SSSR count). The first-order valence-corrected chi connectivity index (χ1v) is 13.0. The van der Waals surface area contributed by atoms with Crippen molar-refractivity contribution in [3.05, 3.63) is 18.2 Å². The van der Waals surface area contributed by atoms with Crippen molar-refractivity contribution in [2.45, 2.75) is 84.5 Å². The van der Waals surface area contributed by atoms with E-state index in [1.807, 2.05) is 27.7 Å². The van der Waals surface area contributed by atoms with Crippen LogP contribution in [0.2, 0.25) is 0 Å². The van der Waals surface area contributed by atoms with E-state index in [4.69, 9.17) is 5.11 Å². The number of hydrogen-bond acceptors (Lipinski definition) is 7. The molecule has 37 heavy (non-hydrogen) atoms. The third-order valence-corrected chi connectivity index (χ3v) is 5.83. The van der Waals surface area contributed by atoms with E-state index in [0.717, 1.165) is 0 Å². The Kier molecular flexibility index (Phi) is 13.7. The van der Waals surface area contributed by atoms with Gasteiger partial charge in [-0.15, -0.1) is 0 Å². The smallest absolute Gasteiger partial charge is 0.327 e. The van der Waals surface area contributed by atoms with Gasteiger partial charge >= 0.3 is 5.97 Å². The number of H-pyrrole nitrogens is 1. The third-order valence-electron chi connectivity index (χ3n) is 5.47. The van der Waals surface area contributed by atoms with Crippen LogP contribution in [0.25, 0.3) is 0 Å². The number of amides is 4. The van der Waals surface area contributed by atoms with Gasteiger partial charge in [0.05, 0.1) is 6.33 Å². The van der Waals surface area contributed by atoms with Crippen LogP contribution in [-0.4, -0.2) is 74.6 Å². The average Bonchev–Trinajstić information content (AvgIpc) is 3.32. The highest BCUT2D eigenvalue weighted by Gasteiger charge is 2.30. The maximum atomic E-state index is 13.2. The van der Waals surface area contributed by atoms with Crippen LogP contribution in [0.5, 0.6) is 0 Å². The maximum absolute atomic E-state index is 13.2. The number of hydrogen-bond donors (Lipinski definition) is 7. The topological polar surface area (TPSA) is 182 Å². The van der Waals surface area contributed by atoms with Crippen molar-refractivity contribution in [3.63, 3.8) is 0 Å². The minimum Gasteiger partial charge on any atom is -0.480 e. The number of aromatic nitrogens is 2. The summed E-state index contributed by atoms with van der Waals surface area (Å²) in [6.07, 6.45) is 4.33. The van der Waals surface area contributed by atoms with Crippen molar-refractivity contribution >= 4 is 42.2 Å². The predicted octanol–water partition coefficient (Wildman–Crippen LogP) is 0.408. The van der Waals surface area contributed by atoms with Crippen LogP contribution in [0.4, 0.5) is 0 Å². The normalized spacial score (nSPS) is 14.4. The molecule has 0 aliphatic heterocycles. The lowest BCUT2D eigenvalue weighted by Crippen LogP contribution is -2.58. The number of aromatic amines is 1. The van der Waals surface area contributed by atoms with E-state index in [-0.39, 0.29) is 30.4 Å². The molecule has 0 spiro atoms. The monoisotopic (exact) mass is 540 g/mol. The Balaban J connectivity index is 2.97. The van der Waals surface area contributed by atoms with Crippen molar-refractivity contribution in [1.82, 2.24) is 31.2 Å². The fourth-order valence-electron chi connectivity index (χ4n) is 3.35. The molecule has 13 heteroatoms. The number of aliphatic carboxylic acids is 1. The molecular formula is C24H40N6O6S. The summed E-state index contributed by atoms with van der Waals surface area (Å²) in [5.74, 6) is -3.08. The van der Waals surface area contributed by atoms with E-state index in [1.54, 1.807) is 0 Å².